The quantitative estimate of drug-likeness (QED) is 0.479. The van der Waals surface area contributed by atoms with Crippen molar-refractivity contribution in [1.82, 2.24) is 4.90 Å². The minimum absolute atomic E-state index is 0.0400. The van der Waals surface area contributed by atoms with Crippen LogP contribution in [0.15, 0.2) is 71.6 Å². The van der Waals surface area contributed by atoms with E-state index in [2.05, 4.69) is 4.90 Å². The number of phenols is 1. The molecule has 0 aliphatic carbocycles. The highest BCUT2D eigenvalue weighted by Gasteiger charge is 2.28. The second kappa shape index (κ2) is 10.4. The summed E-state index contributed by atoms with van der Waals surface area (Å²) in [5, 5.41) is 9.54. The largest absolute Gasteiger partial charge is 0.508 e. The Morgan fingerprint density at radius 3 is 2.26 bits per heavy atom. The number of hydrogen-bond donors (Lipinski definition) is 1. The number of nitrogens with zero attached hydrogens (tertiary/aromatic N) is 2. The zero-order chi connectivity index (χ0) is 24.1. The predicted molar refractivity (Wildman–Crippen MR) is 125 cm³/mol. The molecule has 1 heterocycles. The maximum absolute atomic E-state index is 14.4. The van der Waals surface area contributed by atoms with Crippen LogP contribution in [0.5, 0.6) is 11.5 Å². The molecule has 0 unspecified atom stereocenters. The number of benzene rings is 3. The van der Waals surface area contributed by atoms with Gasteiger partial charge in [0, 0.05) is 12.6 Å². The van der Waals surface area contributed by atoms with Crippen LogP contribution in [0.3, 0.4) is 0 Å². The number of halogens is 2. The summed E-state index contributed by atoms with van der Waals surface area (Å²) in [4.78, 5) is 1.70. The van der Waals surface area contributed by atoms with Gasteiger partial charge < -0.3 is 9.84 Å². The number of sulfonamides is 1. The van der Waals surface area contributed by atoms with E-state index in [-0.39, 0.29) is 12.3 Å². The Bertz CT molecular complexity index is 1210. The van der Waals surface area contributed by atoms with Gasteiger partial charge in [0.25, 0.3) is 10.0 Å². The molecule has 0 aromatic heterocycles. The van der Waals surface area contributed by atoms with Gasteiger partial charge in [0.15, 0.2) is 0 Å². The number of anilines is 1. The Labute approximate surface area is 198 Å². The maximum Gasteiger partial charge on any atom is 0.267 e. The Hall–Kier alpha value is -3.17. The van der Waals surface area contributed by atoms with Gasteiger partial charge in [0.2, 0.25) is 0 Å². The number of rotatable bonds is 9. The van der Waals surface area contributed by atoms with Gasteiger partial charge in [-0.15, -0.1) is 0 Å². The van der Waals surface area contributed by atoms with E-state index < -0.39 is 26.6 Å². The summed E-state index contributed by atoms with van der Waals surface area (Å²) in [5.74, 6) is -1.40. The lowest BCUT2D eigenvalue weighted by molar-refractivity contribution is 0.238. The lowest BCUT2D eigenvalue weighted by atomic mass is 10.2. The third kappa shape index (κ3) is 5.66. The molecule has 1 aliphatic heterocycles. The van der Waals surface area contributed by atoms with Crippen LogP contribution < -0.4 is 9.04 Å². The van der Waals surface area contributed by atoms with E-state index >= 15 is 0 Å². The SMILES string of the molecule is O=S(=O)(c1ccc(F)cc1F)N(Cc1ccc(O)cc1)c1ccc(OCCN2CCCC2)cc1. The molecular formula is C25H26F2N2O4S. The summed E-state index contributed by atoms with van der Waals surface area (Å²) in [7, 11) is -4.37. The number of likely N-dealkylation sites (tertiary alicyclic amines) is 1. The normalized spacial score (nSPS) is 14.3. The number of aromatic hydroxyl groups is 1. The fourth-order valence-corrected chi connectivity index (χ4v) is 5.39. The molecule has 0 bridgehead atoms. The Morgan fingerprint density at radius 1 is 0.941 bits per heavy atom. The van der Waals surface area contributed by atoms with Crippen molar-refractivity contribution in [2.75, 3.05) is 30.5 Å². The summed E-state index contributed by atoms with van der Waals surface area (Å²) < 4.78 is 61.5. The predicted octanol–water partition coefficient (Wildman–Crippen LogP) is 4.54. The van der Waals surface area contributed by atoms with Crippen molar-refractivity contribution in [2.45, 2.75) is 24.3 Å². The summed E-state index contributed by atoms with van der Waals surface area (Å²) in [6.45, 7) is 3.38. The second-order valence-electron chi connectivity index (χ2n) is 8.14. The van der Waals surface area contributed by atoms with E-state index in [4.69, 9.17) is 4.74 Å². The van der Waals surface area contributed by atoms with E-state index in [9.17, 15) is 22.3 Å². The van der Waals surface area contributed by atoms with E-state index in [0.29, 0.717) is 29.7 Å². The Morgan fingerprint density at radius 2 is 1.62 bits per heavy atom. The highest BCUT2D eigenvalue weighted by Crippen LogP contribution is 2.29. The van der Waals surface area contributed by atoms with Gasteiger partial charge in [-0.2, -0.15) is 0 Å². The lowest BCUT2D eigenvalue weighted by Crippen LogP contribution is -2.31. The highest BCUT2D eigenvalue weighted by molar-refractivity contribution is 7.92. The number of hydrogen-bond acceptors (Lipinski definition) is 5. The third-order valence-electron chi connectivity index (χ3n) is 5.72. The van der Waals surface area contributed by atoms with E-state index in [1.165, 1.54) is 25.0 Å². The standard InChI is InChI=1S/C25H26F2N2O4S/c26-20-5-12-25(24(27)17-20)34(31,32)29(18-19-3-8-22(30)9-4-19)21-6-10-23(11-7-21)33-16-15-28-13-1-2-14-28/h3-12,17,30H,1-2,13-16,18H2. The first-order chi connectivity index (χ1) is 16.3. The second-order valence-corrected chi connectivity index (χ2v) is 9.97. The Balaban J connectivity index is 1.58. The average molecular weight is 489 g/mol. The first-order valence-electron chi connectivity index (χ1n) is 11.0. The lowest BCUT2D eigenvalue weighted by Gasteiger charge is -2.25. The molecule has 9 heteroatoms. The van der Waals surface area contributed by atoms with Crippen molar-refractivity contribution in [3.05, 3.63) is 83.9 Å². The molecule has 180 valence electrons. The molecule has 0 atom stereocenters. The van der Waals surface area contributed by atoms with Crippen molar-refractivity contribution in [3.8, 4) is 11.5 Å². The fraction of sp³-hybridized carbons (Fsp3) is 0.280. The van der Waals surface area contributed by atoms with Crippen LogP contribution in [-0.4, -0.2) is 44.7 Å². The molecule has 1 N–H and O–H groups in total. The zero-order valence-electron chi connectivity index (χ0n) is 18.5. The summed E-state index contributed by atoms with van der Waals surface area (Å²) in [5.41, 5.74) is 0.874. The zero-order valence-corrected chi connectivity index (χ0v) is 19.3. The molecule has 34 heavy (non-hydrogen) atoms. The highest BCUT2D eigenvalue weighted by atomic mass is 32.2. The summed E-state index contributed by atoms with van der Waals surface area (Å²) in [6, 6.07) is 14.9. The van der Waals surface area contributed by atoms with Crippen molar-refractivity contribution in [1.29, 1.82) is 0 Å². The monoisotopic (exact) mass is 488 g/mol. The molecule has 0 saturated carbocycles. The van der Waals surface area contributed by atoms with Gasteiger partial charge in [-0.3, -0.25) is 9.21 Å². The topological polar surface area (TPSA) is 70.1 Å². The molecule has 1 saturated heterocycles. The average Bonchev–Trinajstić information content (AvgIpc) is 3.32. The molecule has 4 rings (SSSR count). The van der Waals surface area contributed by atoms with Gasteiger partial charge in [0.05, 0.1) is 12.2 Å². The Kier molecular flexibility index (Phi) is 7.33. The number of ether oxygens (including phenoxy) is 1. The van der Waals surface area contributed by atoms with Crippen LogP contribution in [0.4, 0.5) is 14.5 Å². The van der Waals surface area contributed by atoms with Crippen molar-refractivity contribution >= 4 is 15.7 Å². The van der Waals surface area contributed by atoms with E-state index in [1.54, 1.807) is 36.4 Å². The molecule has 0 amide bonds. The van der Waals surface area contributed by atoms with Gasteiger partial charge in [-0.05, 0) is 80.0 Å². The van der Waals surface area contributed by atoms with E-state index in [0.717, 1.165) is 36.1 Å². The first kappa shape index (κ1) is 24.0. The molecule has 1 aliphatic rings. The fourth-order valence-electron chi connectivity index (χ4n) is 3.89. The minimum atomic E-state index is -4.37. The number of phenolic OH excluding ortho intramolecular Hbond substituents is 1. The van der Waals surface area contributed by atoms with Crippen LogP contribution in [0.2, 0.25) is 0 Å². The van der Waals surface area contributed by atoms with Crippen LogP contribution >= 0.6 is 0 Å². The molecule has 6 nitrogen and oxygen atoms in total. The molecule has 3 aromatic carbocycles. The van der Waals surface area contributed by atoms with Gasteiger partial charge in [-0.25, -0.2) is 17.2 Å². The van der Waals surface area contributed by atoms with Crippen molar-refractivity contribution < 1.29 is 27.0 Å². The first-order valence-corrected chi connectivity index (χ1v) is 12.5. The van der Waals surface area contributed by atoms with E-state index in [1.807, 2.05) is 0 Å². The molecule has 1 fully saturated rings. The third-order valence-corrected chi connectivity index (χ3v) is 7.53. The van der Waals surface area contributed by atoms with Gasteiger partial charge in [-0.1, -0.05) is 12.1 Å². The van der Waals surface area contributed by atoms with Crippen molar-refractivity contribution in [3.63, 3.8) is 0 Å². The van der Waals surface area contributed by atoms with Crippen LogP contribution in [0.25, 0.3) is 0 Å². The maximum atomic E-state index is 14.4. The van der Waals surface area contributed by atoms with Gasteiger partial charge >= 0.3 is 0 Å². The molecular weight excluding hydrogens is 462 g/mol. The molecule has 0 radical (unpaired) electrons. The van der Waals surface area contributed by atoms with Crippen LogP contribution in [-0.2, 0) is 16.6 Å². The van der Waals surface area contributed by atoms with Gasteiger partial charge in [0.1, 0.15) is 34.6 Å². The molecule has 3 aromatic rings. The molecule has 0 spiro atoms. The smallest absolute Gasteiger partial charge is 0.267 e. The van der Waals surface area contributed by atoms with Crippen LogP contribution in [0.1, 0.15) is 18.4 Å². The van der Waals surface area contributed by atoms with Crippen molar-refractivity contribution in [2.24, 2.45) is 0 Å². The summed E-state index contributed by atoms with van der Waals surface area (Å²) in [6.07, 6.45) is 2.41. The summed E-state index contributed by atoms with van der Waals surface area (Å²) >= 11 is 0. The minimum Gasteiger partial charge on any atom is -0.508 e. The van der Waals surface area contributed by atoms with Crippen LogP contribution in [0, 0.1) is 11.6 Å².